The number of rotatable bonds is 5. The summed E-state index contributed by atoms with van der Waals surface area (Å²) in [6, 6.07) is 40.5. The second-order valence-electron chi connectivity index (χ2n) is 22.7. The molecule has 4 aromatic carbocycles. The molecule has 1 nitrogen and oxygen atoms in total. The molecular weight excluding hydrogens is 711 g/mol. The van der Waals surface area contributed by atoms with Crippen LogP contribution in [0.15, 0.2) is 121 Å². The lowest BCUT2D eigenvalue weighted by molar-refractivity contribution is 0.406. The summed E-state index contributed by atoms with van der Waals surface area (Å²) >= 11 is 0. The summed E-state index contributed by atoms with van der Waals surface area (Å²) in [6.45, 7) is 42.7. The fourth-order valence-electron chi connectivity index (χ4n) is 6.57. The smallest absolute Gasteiger partial charge is 0.0408 e. The van der Waals surface area contributed by atoms with Crippen molar-refractivity contribution >= 4 is 0 Å². The Kier molecular flexibility index (Phi) is 21.9. The molecule has 0 fully saturated rings. The van der Waals surface area contributed by atoms with E-state index in [0.29, 0.717) is 27.1 Å². The summed E-state index contributed by atoms with van der Waals surface area (Å²) in [5.74, 6) is 0. The van der Waals surface area contributed by atoms with Crippen molar-refractivity contribution in [3.8, 4) is 0 Å². The normalized spacial score (nSPS) is 11.6. The van der Waals surface area contributed by atoms with Crippen LogP contribution in [0.4, 0.5) is 0 Å². The first-order valence-corrected chi connectivity index (χ1v) is 22.1. The standard InChI is InChI=1S/4C12H18.C10H15N/c4*1-10-7-5-6-8-11(10)9-12(2,3)4;1-10(2,3)8-9-6-4-5-7-11-9/h4*5-8H,9H2,1-4H3;4-7H,8H2,1-3H3. The van der Waals surface area contributed by atoms with Gasteiger partial charge in [0.2, 0.25) is 0 Å². The Morgan fingerprint density at radius 3 is 0.695 bits per heavy atom. The van der Waals surface area contributed by atoms with Gasteiger partial charge in [-0.25, -0.2) is 0 Å². The fourth-order valence-corrected chi connectivity index (χ4v) is 6.57. The van der Waals surface area contributed by atoms with Crippen molar-refractivity contribution in [3.05, 3.63) is 172 Å². The maximum Gasteiger partial charge on any atom is 0.0408 e. The van der Waals surface area contributed by atoms with Gasteiger partial charge in [-0.05, 0) is 144 Å². The molecule has 5 rings (SSSR count). The molecule has 0 aliphatic heterocycles. The molecule has 5 aromatic rings. The highest BCUT2D eigenvalue weighted by atomic mass is 14.7. The Labute approximate surface area is 365 Å². The van der Waals surface area contributed by atoms with E-state index in [9.17, 15) is 0 Å². The van der Waals surface area contributed by atoms with Gasteiger partial charge in [0.1, 0.15) is 0 Å². The van der Waals surface area contributed by atoms with E-state index in [1.54, 1.807) is 0 Å². The Morgan fingerprint density at radius 1 is 0.288 bits per heavy atom. The van der Waals surface area contributed by atoms with E-state index in [1.165, 1.54) is 75.9 Å². The van der Waals surface area contributed by atoms with Crippen LogP contribution in [-0.2, 0) is 32.1 Å². The summed E-state index contributed by atoms with van der Waals surface area (Å²) < 4.78 is 0. The van der Waals surface area contributed by atoms with E-state index in [0.717, 1.165) is 6.42 Å². The van der Waals surface area contributed by atoms with E-state index >= 15 is 0 Å². The first-order chi connectivity index (χ1) is 27.0. The van der Waals surface area contributed by atoms with Gasteiger partial charge >= 0.3 is 0 Å². The quantitative estimate of drug-likeness (QED) is 0.173. The molecule has 0 aliphatic carbocycles. The Hall–Kier alpha value is -3.97. The van der Waals surface area contributed by atoms with E-state index in [-0.39, 0.29) is 0 Å². The lowest BCUT2D eigenvalue weighted by atomic mass is 9.86. The zero-order chi connectivity index (χ0) is 45.1. The fraction of sp³-hybridized carbons (Fsp3) is 0.500. The van der Waals surface area contributed by atoms with Crippen LogP contribution < -0.4 is 0 Å². The number of hydrogen-bond acceptors (Lipinski definition) is 1. The maximum atomic E-state index is 4.26. The second-order valence-corrected chi connectivity index (χ2v) is 22.7. The van der Waals surface area contributed by atoms with Crippen molar-refractivity contribution in [3.63, 3.8) is 0 Å². The predicted octanol–water partition coefficient (Wildman–Crippen LogP) is 17.0. The van der Waals surface area contributed by atoms with E-state index < -0.39 is 0 Å². The third-order valence-electron chi connectivity index (χ3n) is 9.37. The largest absolute Gasteiger partial charge is 0.261 e. The molecule has 0 radical (unpaired) electrons. The SMILES string of the molecule is CC(C)(C)Cc1ccccn1.Cc1ccccc1CC(C)(C)C.Cc1ccccc1CC(C)(C)C.Cc1ccccc1CC(C)(C)C.Cc1ccccc1CC(C)(C)C. The molecule has 324 valence electrons. The molecule has 1 heteroatoms. The van der Waals surface area contributed by atoms with Crippen LogP contribution in [0.1, 0.15) is 154 Å². The van der Waals surface area contributed by atoms with Crippen molar-refractivity contribution in [1.29, 1.82) is 0 Å². The summed E-state index contributed by atoms with van der Waals surface area (Å²) in [6.07, 6.45) is 7.56. The van der Waals surface area contributed by atoms with Crippen LogP contribution in [-0.4, -0.2) is 4.98 Å². The van der Waals surface area contributed by atoms with Gasteiger partial charge in [0.25, 0.3) is 0 Å². The molecule has 1 aromatic heterocycles. The molecule has 1 heterocycles. The molecule has 59 heavy (non-hydrogen) atoms. The van der Waals surface area contributed by atoms with E-state index in [1.807, 2.05) is 18.3 Å². The number of aryl methyl sites for hydroxylation is 4. The first kappa shape index (κ1) is 53.0. The Bertz CT molecular complexity index is 1650. The van der Waals surface area contributed by atoms with Gasteiger partial charge in [-0.15, -0.1) is 0 Å². The minimum Gasteiger partial charge on any atom is -0.261 e. The zero-order valence-electron chi connectivity index (χ0n) is 41.5. The molecule has 0 saturated heterocycles. The van der Waals surface area contributed by atoms with Gasteiger partial charge in [-0.3, -0.25) is 4.98 Å². The van der Waals surface area contributed by atoms with Gasteiger partial charge in [0.15, 0.2) is 0 Å². The van der Waals surface area contributed by atoms with Crippen molar-refractivity contribution in [2.45, 2.75) is 164 Å². The van der Waals surface area contributed by atoms with Gasteiger partial charge in [0, 0.05) is 11.9 Å². The van der Waals surface area contributed by atoms with Crippen molar-refractivity contribution in [2.24, 2.45) is 27.1 Å². The van der Waals surface area contributed by atoms with Crippen LogP contribution in [0.2, 0.25) is 0 Å². The van der Waals surface area contributed by atoms with Crippen molar-refractivity contribution in [2.75, 3.05) is 0 Å². The third kappa shape index (κ3) is 27.4. The summed E-state index contributed by atoms with van der Waals surface area (Å²) in [5.41, 5.74) is 14.6. The van der Waals surface area contributed by atoms with Crippen molar-refractivity contribution < 1.29 is 0 Å². The Balaban J connectivity index is 0.000000369. The lowest BCUT2D eigenvalue weighted by Crippen LogP contribution is -2.09. The first-order valence-electron chi connectivity index (χ1n) is 22.1. The monoisotopic (exact) mass is 798 g/mol. The van der Waals surface area contributed by atoms with Crippen molar-refractivity contribution in [1.82, 2.24) is 4.98 Å². The topological polar surface area (TPSA) is 12.9 Å². The molecule has 0 bridgehead atoms. The molecule has 0 aliphatic rings. The zero-order valence-corrected chi connectivity index (χ0v) is 41.5. The summed E-state index contributed by atoms with van der Waals surface area (Å²) in [5, 5.41) is 0. The highest BCUT2D eigenvalue weighted by Crippen LogP contribution is 2.25. The molecule has 0 amide bonds. The molecule has 0 spiro atoms. The number of nitrogens with zero attached hydrogens (tertiary/aromatic N) is 1. The van der Waals surface area contributed by atoms with Gasteiger partial charge in [-0.1, -0.05) is 207 Å². The third-order valence-corrected chi connectivity index (χ3v) is 9.37. The molecule has 0 saturated carbocycles. The maximum absolute atomic E-state index is 4.26. The predicted molar refractivity (Wildman–Crippen MR) is 265 cm³/mol. The van der Waals surface area contributed by atoms with Crippen LogP contribution >= 0.6 is 0 Å². The minimum atomic E-state index is 0.342. The number of benzene rings is 4. The Morgan fingerprint density at radius 2 is 0.508 bits per heavy atom. The highest BCUT2D eigenvalue weighted by Gasteiger charge is 2.15. The summed E-state index contributed by atoms with van der Waals surface area (Å²) in [4.78, 5) is 4.26. The van der Waals surface area contributed by atoms with Crippen LogP contribution in [0.3, 0.4) is 0 Å². The summed E-state index contributed by atoms with van der Waals surface area (Å²) in [7, 11) is 0. The van der Waals surface area contributed by atoms with E-state index in [2.05, 4.69) is 240 Å². The number of pyridine rings is 1. The van der Waals surface area contributed by atoms with Gasteiger partial charge in [-0.2, -0.15) is 0 Å². The lowest BCUT2D eigenvalue weighted by Gasteiger charge is -2.19. The van der Waals surface area contributed by atoms with Gasteiger partial charge < -0.3 is 0 Å². The van der Waals surface area contributed by atoms with Crippen LogP contribution in [0.5, 0.6) is 0 Å². The molecule has 0 N–H and O–H groups in total. The van der Waals surface area contributed by atoms with Gasteiger partial charge in [0.05, 0.1) is 0 Å². The number of hydrogen-bond donors (Lipinski definition) is 0. The molecule has 0 atom stereocenters. The average Bonchev–Trinajstić information content (AvgIpc) is 3.08. The van der Waals surface area contributed by atoms with Crippen LogP contribution in [0, 0.1) is 54.8 Å². The molecular formula is C58H87N. The highest BCUT2D eigenvalue weighted by molar-refractivity contribution is 5.28. The van der Waals surface area contributed by atoms with Crippen LogP contribution in [0.25, 0.3) is 0 Å². The second kappa shape index (κ2) is 24.3. The molecule has 0 unspecified atom stereocenters. The van der Waals surface area contributed by atoms with E-state index in [4.69, 9.17) is 0 Å². The minimum absolute atomic E-state index is 0.342. The number of aromatic nitrogens is 1. The average molecular weight is 798 g/mol.